The summed E-state index contributed by atoms with van der Waals surface area (Å²) in [4.78, 5) is 52.7. The van der Waals surface area contributed by atoms with E-state index in [4.69, 9.17) is 14.2 Å². The van der Waals surface area contributed by atoms with Crippen molar-refractivity contribution in [3.8, 4) is 17.2 Å². The minimum absolute atomic E-state index is 0.0328. The first-order valence-electron chi connectivity index (χ1n) is 15.6. The van der Waals surface area contributed by atoms with Crippen LogP contribution in [-0.4, -0.2) is 71.6 Å². The van der Waals surface area contributed by atoms with Gasteiger partial charge in [0.15, 0.2) is 18.1 Å². The van der Waals surface area contributed by atoms with Gasteiger partial charge in [-0.2, -0.15) is 0 Å². The molecule has 0 radical (unpaired) electrons. The van der Waals surface area contributed by atoms with Crippen LogP contribution in [-0.2, 0) is 19.2 Å². The zero-order valence-corrected chi connectivity index (χ0v) is 28.3. The number of likely N-dealkylation sites (tertiary alicyclic amines) is 1. The maximum atomic E-state index is 13.1. The molecule has 0 bridgehead atoms. The fourth-order valence-electron chi connectivity index (χ4n) is 4.46. The fourth-order valence-corrected chi connectivity index (χ4v) is 4.46. The Balaban J connectivity index is 1.59. The van der Waals surface area contributed by atoms with E-state index in [-0.39, 0.29) is 43.0 Å². The van der Waals surface area contributed by atoms with Gasteiger partial charge in [-0.15, -0.1) is 0 Å². The lowest BCUT2D eigenvalue weighted by Gasteiger charge is -2.30. The lowest BCUT2D eigenvalue weighted by molar-refractivity contribution is -0.145. The molecule has 11 nitrogen and oxygen atoms in total. The minimum atomic E-state index is -1.01. The van der Waals surface area contributed by atoms with Gasteiger partial charge in [0.2, 0.25) is 5.91 Å². The van der Waals surface area contributed by atoms with E-state index in [0.29, 0.717) is 24.3 Å². The van der Waals surface area contributed by atoms with Gasteiger partial charge in [0.05, 0.1) is 16.9 Å². The number of benzene rings is 2. The van der Waals surface area contributed by atoms with Crippen molar-refractivity contribution in [3.63, 3.8) is 0 Å². The van der Waals surface area contributed by atoms with Crippen molar-refractivity contribution in [2.75, 3.05) is 26.2 Å². The van der Waals surface area contributed by atoms with E-state index in [9.17, 15) is 24.3 Å². The summed E-state index contributed by atoms with van der Waals surface area (Å²) in [5.74, 6) is -0.798. The highest BCUT2D eigenvalue weighted by Gasteiger charge is 2.35. The Kier molecular flexibility index (Phi) is 12.0. The number of carbonyl (C=O) groups is 4. The Morgan fingerprint density at radius 1 is 0.891 bits per heavy atom. The highest BCUT2D eigenvalue weighted by atomic mass is 16.6. The van der Waals surface area contributed by atoms with Crippen LogP contribution in [0.4, 0.5) is 0 Å². The summed E-state index contributed by atoms with van der Waals surface area (Å²) in [6.07, 6.45) is 0.283. The molecule has 2 aromatic rings. The Labute approximate surface area is 272 Å². The van der Waals surface area contributed by atoms with E-state index in [1.165, 1.54) is 12.1 Å². The fraction of sp³-hybridized carbons (Fsp3) is 0.543. The summed E-state index contributed by atoms with van der Waals surface area (Å²) in [5, 5.41) is 17.2. The molecule has 1 heterocycles. The summed E-state index contributed by atoms with van der Waals surface area (Å²) in [7, 11) is 0. The van der Waals surface area contributed by atoms with Crippen LogP contribution in [0, 0.1) is 10.8 Å². The second-order valence-electron chi connectivity index (χ2n) is 14.3. The van der Waals surface area contributed by atoms with Crippen LogP contribution in [0.15, 0.2) is 48.5 Å². The van der Waals surface area contributed by atoms with Gasteiger partial charge in [-0.3, -0.25) is 19.2 Å². The summed E-state index contributed by atoms with van der Waals surface area (Å²) < 4.78 is 16.7. The molecule has 0 saturated carbocycles. The van der Waals surface area contributed by atoms with E-state index in [1.54, 1.807) is 64.6 Å². The van der Waals surface area contributed by atoms with Crippen molar-refractivity contribution in [1.29, 1.82) is 0 Å². The topological polar surface area (TPSA) is 144 Å². The van der Waals surface area contributed by atoms with Gasteiger partial charge >= 0.3 is 11.9 Å². The molecule has 46 heavy (non-hydrogen) atoms. The van der Waals surface area contributed by atoms with Crippen molar-refractivity contribution >= 4 is 23.8 Å². The number of aliphatic hydroxyl groups is 1. The Morgan fingerprint density at radius 2 is 1.50 bits per heavy atom. The number of amides is 2. The van der Waals surface area contributed by atoms with E-state index < -0.39 is 40.5 Å². The van der Waals surface area contributed by atoms with E-state index >= 15 is 0 Å². The Hall–Kier alpha value is -3.96. The third-order valence-electron chi connectivity index (χ3n) is 7.44. The second kappa shape index (κ2) is 15.1. The van der Waals surface area contributed by atoms with Crippen LogP contribution < -0.4 is 24.8 Å². The molecule has 2 aromatic carbocycles. The van der Waals surface area contributed by atoms with Gasteiger partial charge in [-0.05, 0) is 98.1 Å². The van der Waals surface area contributed by atoms with Crippen LogP contribution in [0.1, 0.15) is 79.9 Å². The van der Waals surface area contributed by atoms with Crippen molar-refractivity contribution in [2.24, 2.45) is 10.8 Å². The molecule has 11 heteroatoms. The molecule has 3 rings (SSSR count). The van der Waals surface area contributed by atoms with Crippen LogP contribution in [0.25, 0.3) is 0 Å². The summed E-state index contributed by atoms with van der Waals surface area (Å²) >= 11 is 0. The number of nitrogens with zero attached hydrogens (tertiary/aromatic N) is 1. The van der Waals surface area contributed by atoms with Gasteiger partial charge in [0.25, 0.3) is 5.91 Å². The summed E-state index contributed by atoms with van der Waals surface area (Å²) in [6.45, 7) is 14.8. The van der Waals surface area contributed by atoms with Gasteiger partial charge in [-0.1, -0.05) is 24.3 Å². The zero-order valence-electron chi connectivity index (χ0n) is 28.3. The van der Waals surface area contributed by atoms with Crippen molar-refractivity contribution in [1.82, 2.24) is 15.5 Å². The quantitative estimate of drug-likeness (QED) is 0.230. The highest BCUT2D eigenvalue weighted by molar-refractivity contribution is 5.89. The lowest BCUT2D eigenvalue weighted by atomic mass is 9.97. The van der Waals surface area contributed by atoms with Gasteiger partial charge in [0, 0.05) is 25.2 Å². The smallest absolute Gasteiger partial charge is 0.316 e. The van der Waals surface area contributed by atoms with Crippen molar-refractivity contribution in [2.45, 2.75) is 85.9 Å². The molecular weight excluding hydrogens is 590 g/mol. The number of carbonyl (C=O) groups excluding carboxylic acids is 4. The first-order valence-corrected chi connectivity index (χ1v) is 15.6. The number of rotatable bonds is 12. The number of hydrogen-bond donors (Lipinski definition) is 3. The van der Waals surface area contributed by atoms with E-state index in [1.807, 2.05) is 32.0 Å². The van der Waals surface area contributed by atoms with E-state index in [0.717, 1.165) is 6.42 Å². The third kappa shape index (κ3) is 10.6. The molecule has 2 amide bonds. The Bertz CT molecular complexity index is 1380. The number of β-amino-alcohol motifs (C(OH)–C–C–N with tert-alkyl or cyclic N) is 1. The molecular formula is C35H49N3O8. The molecule has 2 atom stereocenters. The van der Waals surface area contributed by atoms with Gasteiger partial charge in [-0.25, -0.2) is 0 Å². The maximum absolute atomic E-state index is 13.1. The average Bonchev–Trinajstić information content (AvgIpc) is 3.48. The largest absolute Gasteiger partial charge is 0.484 e. The molecule has 1 aliphatic rings. The predicted octanol–water partition coefficient (Wildman–Crippen LogP) is 4.18. The zero-order chi connectivity index (χ0) is 34.3. The summed E-state index contributed by atoms with van der Waals surface area (Å²) in [5.41, 5.74) is -1.77. The lowest BCUT2D eigenvalue weighted by Crippen LogP contribution is -2.54. The SMILES string of the molecule is CC(C)(CNC(=O)[C@H]1CCCN1C(=O)COc1ccccc1)NCC(O)c1ccc(OC(=O)C(C)(C)C)c(OC(=O)C(C)(C)C)c1. The third-order valence-corrected chi connectivity index (χ3v) is 7.44. The molecule has 3 N–H and O–H groups in total. The standard InChI is InChI=1S/C35H49N3O8/c1-33(2,3)31(42)45-27-17-16-23(19-28(27)46-32(43)34(4,5)6)26(39)20-37-35(7,8)22-36-30(41)25-15-12-18-38(25)29(40)21-44-24-13-10-9-11-14-24/h9-11,13-14,16-17,19,25-26,37,39H,12,15,18,20-22H2,1-8H3,(H,36,41)/t25-,26?/m1/s1. The van der Waals surface area contributed by atoms with Gasteiger partial charge in [0.1, 0.15) is 11.8 Å². The number of esters is 2. The van der Waals surface area contributed by atoms with Crippen LogP contribution in [0.3, 0.4) is 0 Å². The molecule has 0 aliphatic carbocycles. The molecule has 1 fully saturated rings. The van der Waals surface area contributed by atoms with Crippen molar-refractivity contribution < 1.29 is 38.5 Å². The van der Waals surface area contributed by atoms with Crippen LogP contribution >= 0.6 is 0 Å². The van der Waals surface area contributed by atoms with Gasteiger partial charge < -0.3 is 34.9 Å². The van der Waals surface area contributed by atoms with Crippen molar-refractivity contribution in [3.05, 3.63) is 54.1 Å². The molecule has 0 aromatic heterocycles. The summed E-state index contributed by atoms with van der Waals surface area (Å²) in [6, 6.07) is 13.1. The minimum Gasteiger partial charge on any atom is -0.484 e. The Morgan fingerprint density at radius 3 is 2.11 bits per heavy atom. The highest BCUT2D eigenvalue weighted by Crippen LogP contribution is 2.34. The van der Waals surface area contributed by atoms with E-state index in [2.05, 4.69) is 10.6 Å². The molecule has 1 saturated heterocycles. The first kappa shape index (κ1) is 36.5. The predicted molar refractivity (Wildman–Crippen MR) is 173 cm³/mol. The number of ether oxygens (including phenoxy) is 3. The normalized spacial score (nSPS) is 16.0. The first-order chi connectivity index (χ1) is 21.4. The van der Waals surface area contributed by atoms with Crippen LogP contribution in [0.2, 0.25) is 0 Å². The molecule has 0 spiro atoms. The number of aliphatic hydroxyl groups excluding tert-OH is 1. The molecule has 1 unspecified atom stereocenters. The van der Waals surface area contributed by atoms with Crippen LogP contribution in [0.5, 0.6) is 17.2 Å². The number of para-hydroxylation sites is 1. The number of nitrogens with one attached hydrogen (secondary N) is 2. The average molecular weight is 640 g/mol. The molecule has 252 valence electrons. The maximum Gasteiger partial charge on any atom is 0.316 e. The molecule has 1 aliphatic heterocycles. The second-order valence-corrected chi connectivity index (χ2v) is 14.3. The monoisotopic (exact) mass is 639 g/mol. The number of hydrogen-bond acceptors (Lipinski definition) is 9.